The minimum Gasteiger partial charge on any atom is -0.412 e. The maximum absolute atomic E-state index is 8.42. The predicted octanol–water partition coefficient (Wildman–Crippen LogP) is -1.08. The molecule has 1 unspecified atom stereocenters. The highest BCUT2D eigenvalue weighted by Gasteiger charge is 1.92. The Morgan fingerprint density at radius 1 is 1.57 bits per heavy atom. The number of aliphatic hydroxyl groups excluding tert-OH is 2. The molecule has 46 valence electrons. The molecule has 0 aromatic heterocycles. The lowest BCUT2D eigenvalue weighted by Crippen LogP contribution is -2.08. The van der Waals surface area contributed by atoms with Crippen molar-refractivity contribution in [1.82, 2.24) is 0 Å². The van der Waals surface area contributed by atoms with E-state index in [0.29, 0.717) is 6.42 Å². The molecule has 0 saturated carbocycles. The molecule has 0 bridgehead atoms. The summed E-state index contributed by atoms with van der Waals surface area (Å²) in [5.41, 5.74) is 0. The van der Waals surface area contributed by atoms with E-state index < -0.39 is 6.10 Å². The zero-order valence-electron chi connectivity index (χ0n) is 4.39. The molecule has 3 heteroatoms. The molecule has 0 aromatic carbocycles. The fraction of sp³-hybridized carbons (Fsp3) is 1.00. The molecule has 0 aromatic rings. The van der Waals surface area contributed by atoms with E-state index in [4.69, 9.17) is 10.2 Å². The highest BCUT2D eigenvalue weighted by atomic mass is 16.3. The zero-order valence-corrected chi connectivity index (χ0v) is 4.39. The van der Waals surface area contributed by atoms with Gasteiger partial charge in [-0.2, -0.15) is 0 Å². The van der Waals surface area contributed by atoms with E-state index in [0.717, 1.165) is 0 Å². The van der Waals surface area contributed by atoms with Crippen molar-refractivity contribution in [1.29, 1.82) is 0 Å². The summed E-state index contributed by atoms with van der Waals surface area (Å²) in [6, 6.07) is 0. The van der Waals surface area contributed by atoms with E-state index in [1.54, 1.807) is 0 Å². The summed E-state index contributed by atoms with van der Waals surface area (Å²) in [5, 5.41) is 16.5. The highest BCUT2D eigenvalue weighted by molar-refractivity contribution is 4.43. The first-order chi connectivity index (χ1) is 2.81. The predicted molar refractivity (Wildman–Crippen MR) is 27.0 cm³/mol. The quantitative estimate of drug-likeness (QED) is 0.472. The average Bonchev–Trinajstić information content (AvgIpc) is 1.65. The Morgan fingerprint density at radius 2 is 2.00 bits per heavy atom. The van der Waals surface area contributed by atoms with Crippen LogP contribution in [0.1, 0.15) is 13.3 Å². The summed E-state index contributed by atoms with van der Waals surface area (Å²) in [5.74, 6) is 0. The van der Waals surface area contributed by atoms with Crippen LogP contribution in [0.25, 0.3) is 0 Å². The molecule has 0 saturated heterocycles. The van der Waals surface area contributed by atoms with Crippen molar-refractivity contribution in [2.75, 3.05) is 6.61 Å². The normalized spacial score (nSPS) is 12.4. The molecule has 1 atom stereocenters. The van der Waals surface area contributed by atoms with E-state index in [1.165, 1.54) is 0 Å². The molecule has 0 heterocycles. The van der Waals surface area contributed by atoms with E-state index in [-0.39, 0.29) is 12.1 Å². The molecule has 3 nitrogen and oxygen atoms in total. The molecule has 0 amide bonds. The van der Waals surface area contributed by atoms with E-state index in [1.807, 2.05) is 6.92 Å². The van der Waals surface area contributed by atoms with Gasteiger partial charge in [0.1, 0.15) is 0 Å². The maximum atomic E-state index is 8.42. The Bertz CT molecular complexity index is 26.1. The van der Waals surface area contributed by atoms with Gasteiger partial charge in [0, 0.05) is 0 Å². The number of hydrogen-bond donors (Lipinski definition) is 2. The summed E-state index contributed by atoms with van der Waals surface area (Å²) < 4.78 is 0. The number of aliphatic hydroxyl groups is 2. The maximum Gasteiger partial charge on any atom is 0.0768 e. The van der Waals surface area contributed by atoms with Gasteiger partial charge in [-0.05, 0) is 6.42 Å². The minimum absolute atomic E-state index is 0. The summed E-state index contributed by atoms with van der Waals surface area (Å²) in [6.07, 6.45) is 0.126. The molecule has 0 aliphatic heterocycles. The van der Waals surface area contributed by atoms with Crippen LogP contribution in [-0.2, 0) is 0 Å². The fourth-order valence-corrected chi connectivity index (χ4v) is 0.129. The SMILES string of the molecule is CCC(O)CO.O. The third kappa shape index (κ3) is 5.88. The van der Waals surface area contributed by atoms with Gasteiger partial charge in [0.2, 0.25) is 0 Å². The highest BCUT2D eigenvalue weighted by Crippen LogP contribution is 1.83. The van der Waals surface area contributed by atoms with Gasteiger partial charge in [-0.25, -0.2) is 0 Å². The molecular formula is C4H12O3. The molecule has 0 spiro atoms. The summed E-state index contributed by atoms with van der Waals surface area (Å²) in [6.45, 7) is 1.71. The van der Waals surface area contributed by atoms with E-state index in [9.17, 15) is 0 Å². The number of hydrogen-bond acceptors (Lipinski definition) is 2. The van der Waals surface area contributed by atoms with Crippen molar-refractivity contribution in [2.45, 2.75) is 19.4 Å². The molecule has 0 fully saturated rings. The van der Waals surface area contributed by atoms with Crippen LogP contribution in [0.3, 0.4) is 0 Å². The first kappa shape index (κ1) is 9.99. The standard InChI is InChI=1S/C4H10O2.H2O/c1-2-4(6)3-5;/h4-6H,2-3H2,1H3;1H2. The first-order valence-corrected chi connectivity index (χ1v) is 2.10. The summed E-state index contributed by atoms with van der Waals surface area (Å²) in [7, 11) is 0. The van der Waals surface area contributed by atoms with Crippen LogP contribution in [0.2, 0.25) is 0 Å². The van der Waals surface area contributed by atoms with Crippen LogP contribution in [0, 0.1) is 0 Å². The molecule has 0 aliphatic rings. The van der Waals surface area contributed by atoms with Gasteiger partial charge in [0.15, 0.2) is 0 Å². The van der Waals surface area contributed by atoms with Crippen LogP contribution in [0.5, 0.6) is 0 Å². The number of rotatable bonds is 2. The van der Waals surface area contributed by atoms with Gasteiger partial charge in [0.25, 0.3) is 0 Å². The molecule has 0 aliphatic carbocycles. The molecule has 0 rings (SSSR count). The second-order valence-electron chi connectivity index (χ2n) is 1.24. The fourth-order valence-electron chi connectivity index (χ4n) is 0.129. The van der Waals surface area contributed by atoms with Crippen LogP contribution in [0.4, 0.5) is 0 Å². The lowest BCUT2D eigenvalue weighted by atomic mass is 10.3. The third-order valence-corrected chi connectivity index (χ3v) is 0.682. The monoisotopic (exact) mass is 108 g/mol. The van der Waals surface area contributed by atoms with Crippen molar-refractivity contribution in [3.05, 3.63) is 0 Å². The first-order valence-electron chi connectivity index (χ1n) is 2.10. The topological polar surface area (TPSA) is 72.0 Å². The van der Waals surface area contributed by atoms with E-state index in [2.05, 4.69) is 0 Å². The molecule has 7 heavy (non-hydrogen) atoms. The minimum atomic E-state index is -0.509. The lowest BCUT2D eigenvalue weighted by Gasteiger charge is -1.97. The van der Waals surface area contributed by atoms with Gasteiger partial charge in [-0.1, -0.05) is 6.92 Å². The largest absolute Gasteiger partial charge is 0.412 e. The Hall–Kier alpha value is -0.120. The van der Waals surface area contributed by atoms with Crippen molar-refractivity contribution in [3.63, 3.8) is 0 Å². The van der Waals surface area contributed by atoms with Crippen LogP contribution < -0.4 is 0 Å². The summed E-state index contributed by atoms with van der Waals surface area (Å²) in [4.78, 5) is 0. The van der Waals surface area contributed by atoms with Gasteiger partial charge in [-0.3, -0.25) is 0 Å². The molecule has 0 radical (unpaired) electrons. The Labute approximate surface area is 42.9 Å². The van der Waals surface area contributed by atoms with Crippen molar-refractivity contribution in [3.8, 4) is 0 Å². The van der Waals surface area contributed by atoms with Gasteiger partial charge in [0.05, 0.1) is 12.7 Å². The van der Waals surface area contributed by atoms with E-state index >= 15 is 0 Å². The smallest absolute Gasteiger partial charge is 0.0768 e. The average molecular weight is 108 g/mol. The molecule has 4 N–H and O–H groups in total. The second-order valence-corrected chi connectivity index (χ2v) is 1.24. The van der Waals surface area contributed by atoms with Gasteiger partial charge in [-0.15, -0.1) is 0 Å². The lowest BCUT2D eigenvalue weighted by molar-refractivity contribution is 0.0923. The Morgan fingerprint density at radius 3 is 2.00 bits per heavy atom. The van der Waals surface area contributed by atoms with Crippen LogP contribution in [0.15, 0.2) is 0 Å². The van der Waals surface area contributed by atoms with Gasteiger partial charge >= 0.3 is 0 Å². The Kier molecular flexibility index (Phi) is 8.39. The third-order valence-electron chi connectivity index (χ3n) is 0.682. The van der Waals surface area contributed by atoms with Crippen LogP contribution in [-0.4, -0.2) is 28.4 Å². The summed E-state index contributed by atoms with van der Waals surface area (Å²) >= 11 is 0. The van der Waals surface area contributed by atoms with Crippen LogP contribution >= 0.6 is 0 Å². The van der Waals surface area contributed by atoms with Crippen molar-refractivity contribution in [2.24, 2.45) is 0 Å². The zero-order chi connectivity index (χ0) is 4.99. The second kappa shape index (κ2) is 5.88. The Balaban J connectivity index is 0. The molecular weight excluding hydrogens is 96.0 g/mol. The van der Waals surface area contributed by atoms with Gasteiger partial charge < -0.3 is 15.7 Å². The van der Waals surface area contributed by atoms with Crippen molar-refractivity contribution >= 4 is 0 Å². The van der Waals surface area contributed by atoms with Crippen molar-refractivity contribution < 1.29 is 15.7 Å².